The van der Waals surface area contributed by atoms with Gasteiger partial charge in [-0.1, -0.05) is 0 Å². The van der Waals surface area contributed by atoms with Crippen molar-refractivity contribution in [2.45, 2.75) is 19.8 Å². The number of hydrogen-bond donors (Lipinski definition) is 1. The van der Waals surface area contributed by atoms with E-state index in [2.05, 4.69) is 9.46 Å². The van der Waals surface area contributed by atoms with Gasteiger partial charge in [0.1, 0.15) is 0 Å². The van der Waals surface area contributed by atoms with Gasteiger partial charge in [-0.05, 0) is 13.3 Å². The molecule has 0 radical (unpaired) electrons. The second kappa shape index (κ2) is 9.26. The van der Waals surface area contributed by atoms with Crippen LogP contribution in [0.5, 0.6) is 0 Å². The molecule has 0 aromatic rings. The highest BCUT2D eigenvalue weighted by Crippen LogP contribution is 1.97. The third-order valence-corrected chi connectivity index (χ3v) is 3.79. The lowest BCUT2D eigenvalue weighted by molar-refractivity contribution is -0.140. The van der Waals surface area contributed by atoms with E-state index in [1.54, 1.807) is 0 Å². The van der Waals surface area contributed by atoms with Crippen LogP contribution in [0.25, 0.3) is 0 Å². The average molecular weight is 282 g/mol. The predicted octanol–water partition coefficient (Wildman–Crippen LogP) is -0.258. The van der Waals surface area contributed by atoms with Gasteiger partial charge in [0, 0.05) is 33.4 Å². The summed E-state index contributed by atoms with van der Waals surface area (Å²) < 4.78 is 36.4. The zero-order chi connectivity index (χ0) is 14.0. The smallest absolute Gasteiger partial charge is 0.306 e. The molecule has 0 aliphatic heterocycles. The second-order valence-corrected chi connectivity index (χ2v) is 5.46. The molecule has 8 heteroatoms. The molecule has 0 saturated heterocycles. The predicted molar refractivity (Wildman–Crippen MR) is 67.3 cm³/mol. The van der Waals surface area contributed by atoms with E-state index in [0.717, 1.165) is 4.31 Å². The van der Waals surface area contributed by atoms with Gasteiger partial charge in [-0.25, -0.2) is 4.72 Å². The summed E-state index contributed by atoms with van der Waals surface area (Å²) in [5.74, 6) is -0.437. The first kappa shape index (κ1) is 17.3. The summed E-state index contributed by atoms with van der Waals surface area (Å²) in [6.07, 6.45) is 0.644. The van der Waals surface area contributed by atoms with Crippen LogP contribution in [-0.2, 0) is 24.5 Å². The highest BCUT2D eigenvalue weighted by atomic mass is 32.2. The number of rotatable bonds is 10. The Labute approximate surface area is 109 Å². The normalized spacial score (nSPS) is 11.8. The minimum atomic E-state index is -3.53. The quantitative estimate of drug-likeness (QED) is 0.441. The monoisotopic (exact) mass is 282 g/mol. The molecular weight excluding hydrogens is 260 g/mol. The molecule has 0 aliphatic carbocycles. The maximum Gasteiger partial charge on any atom is 0.306 e. The first-order chi connectivity index (χ1) is 8.44. The molecule has 0 amide bonds. The lowest BCUT2D eigenvalue weighted by Crippen LogP contribution is -2.39. The molecule has 0 heterocycles. The van der Waals surface area contributed by atoms with Gasteiger partial charge in [0.05, 0.1) is 13.5 Å². The number of nitrogens with zero attached hydrogens (tertiary/aromatic N) is 1. The van der Waals surface area contributed by atoms with Crippen molar-refractivity contribution >= 4 is 16.2 Å². The van der Waals surface area contributed by atoms with Crippen LogP contribution in [0.4, 0.5) is 0 Å². The molecule has 7 nitrogen and oxygen atoms in total. The van der Waals surface area contributed by atoms with Crippen LogP contribution in [0.2, 0.25) is 0 Å². The lowest BCUT2D eigenvalue weighted by atomic mass is 10.4. The van der Waals surface area contributed by atoms with Gasteiger partial charge in [-0.2, -0.15) is 12.7 Å². The van der Waals surface area contributed by atoms with Crippen molar-refractivity contribution in [2.75, 3.05) is 40.5 Å². The number of hydrogen-bond acceptors (Lipinski definition) is 5. The third-order valence-electron chi connectivity index (χ3n) is 2.22. The zero-order valence-electron chi connectivity index (χ0n) is 11.1. The second-order valence-electron chi connectivity index (χ2n) is 3.60. The van der Waals surface area contributed by atoms with Crippen LogP contribution in [0, 0.1) is 0 Å². The van der Waals surface area contributed by atoms with Crippen molar-refractivity contribution in [2.24, 2.45) is 0 Å². The van der Waals surface area contributed by atoms with Crippen LogP contribution in [-0.4, -0.2) is 59.2 Å². The molecule has 0 aromatic carbocycles. The summed E-state index contributed by atoms with van der Waals surface area (Å²) >= 11 is 0. The van der Waals surface area contributed by atoms with Gasteiger partial charge in [0.25, 0.3) is 10.2 Å². The van der Waals surface area contributed by atoms with E-state index in [9.17, 15) is 13.2 Å². The summed E-state index contributed by atoms with van der Waals surface area (Å²) in [5.41, 5.74) is 0. The van der Waals surface area contributed by atoms with Crippen LogP contribution in [0.3, 0.4) is 0 Å². The van der Waals surface area contributed by atoms with Crippen LogP contribution < -0.4 is 4.72 Å². The highest BCUT2D eigenvalue weighted by Gasteiger charge is 2.17. The third kappa shape index (κ3) is 7.59. The maximum absolute atomic E-state index is 11.7. The molecule has 0 fully saturated rings. The molecule has 0 atom stereocenters. The van der Waals surface area contributed by atoms with E-state index in [4.69, 9.17) is 4.74 Å². The van der Waals surface area contributed by atoms with Gasteiger partial charge < -0.3 is 9.47 Å². The fourth-order valence-corrected chi connectivity index (χ4v) is 2.06. The zero-order valence-corrected chi connectivity index (χ0v) is 12.0. The molecule has 0 aromatic heterocycles. The molecule has 18 heavy (non-hydrogen) atoms. The van der Waals surface area contributed by atoms with Crippen molar-refractivity contribution in [3.8, 4) is 0 Å². The van der Waals surface area contributed by atoms with Crippen LogP contribution in [0.15, 0.2) is 0 Å². The van der Waals surface area contributed by atoms with Crippen LogP contribution in [0.1, 0.15) is 19.8 Å². The first-order valence-electron chi connectivity index (χ1n) is 5.79. The van der Waals surface area contributed by atoms with Gasteiger partial charge in [0.15, 0.2) is 0 Å². The first-order valence-corrected chi connectivity index (χ1v) is 7.23. The topological polar surface area (TPSA) is 84.9 Å². The molecule has 108 valence electrons. The standard InChI is InChI=1S/C10H22N2O5S/c1-4-17-9-5-7-11-18(14,15)12(2)8-6-10(13)16-3/h11H,4-9H2,1-3H3. The minimum Gasteiger partial charge on any atom is -0.469 e. The minimum absolute atomic E-state index is 0.0346. The fraction of sp³-hybridized carbons (Fsp3) is 0.900. The Bertz CT molecular complexity index is 331. The summed E-state index contributed by atoms with van der Waals surface area (Å²) in [7, 11) is -0.854. The van der Waals surface area contributed by atoms with Crippen molar-refractivity contribution in [1.29, 1.82) is 0 Å². The van der Waals surface area contributed by atoms with Crippen molar-refractivity contribution in [3.05, 3.63) is 0 Å². The largest absolute Gasteiger partial charge is 0.469 e. The van der Waals surface area contributed by atoms with Crippen molar-refractivity contribution in [3.63, 3.8) is 0 Å². The number of methoxy groups -OCH3 is 1. The number of nitrogens with one attached hydrogen (secondary N) is 1. The van der Waals surface area contributed by atoms with Gasteiger partial charge in [-0.15, -0.1) is 0 Å². The van der Waals surface area contributed by atoms with E-state index >= 15 is 0 Å². The molecule has 1 N–H and O–H groups in total. The fourth-order valence-electron chi connectivity index (χ4n) is 1.10. The van der Waals surface area contributed by atoms with Crippen molar-refractivity contribution < 1.29 is 22.7 Å². The van der Waals surface area contributed by atoms with Gasteiger partial charge in [0.2, 0.25) is 0 Å². The Kier molecular flexibility index (Phi) is 8.90. The molecule has 0 spiro atoms. The molecule has 0 rings (SSSR count). The summed E-state index contributed by atoms with van der Waals surface area (Å²) in [6.45, 7) is 3.42. The SMILES string of the molecule is CCOCCCNS(=O)(=O)N(C)CCC(=O)OC. The number of ether oxygens (including phenoxy) is 2. The van der Waals surface area contributed by atoms with E-state index in [1.807, 2.05) is 6.92 Å². The number of carbonyl (C=O) groups excluding carboxylic acids is 1. The van der Waals surface area contributed by atoms with E-state index < -0.39 is 16.2 Å². The number of esters is 1. The average Bonchev–Trinajstić information content (AvgIpc) is 2.34. The van der Waals surface area contributed by atoms with Gasteiger partial charge in [-0.3, -0.25) is 4.79 Å². The summed E-state index contributed by atoms with van der Waals surface area (Å²) in [6, 6.07) is 0. The highest BCUT2D eigenvalue weighted by molar-refractivity contribution is 7.87. The molecule has 0 saturated carbocycles. The molecule has 0 bridgehead atoms. The summed E-state index contributed by atoms with van der Waals surface area (Å²) in [4.78, 5) is 10.9. The molecule has 0 aliphatic rings. The Morgan fingerprint density at radius 2 is 2.06 bits per heavy atom. The Hall–Kier alpha value is -0.700. The lowest BCUT2D eigenvalue weighted by Gasteiger charge is -2.16. The Morgan fingerprint density at radius 1 is 1.39 bits per heavy atom. The van der Waals surface area contributed by atoms with E-state index in [-0.39, 0.29) is 13.0 Å². The van der Waals surface area contributed by atoms with Gasteiger partial charge >= 0.3 is 5.97 Å². The van der Waals surface area contributed by atoms with Crippen molar-refractivity contribution in [1.82, 2.24) is 9.03 Å². The number of carbonyl (C=O) groups is 1. The Balaban J connectivity index is 3.92. The Morgan fingerprint density at radius 3 is 2.61 bits per heavy atom. The molecule has 0 unspecified atom stereocenters. The van der Waals surface area contributed by atoms with E-state index in [1.165, 1.54) is 14.2 Å². The molecular formula is C10H22N2O5S. The maximum atomic E-state index is 11.7. The van der Waals surface area contributed by atoms with E-state index in [0.29, 0.717) is 26.2 Å². The summed E-state index contributed by atoms with van der Waals surface area (Å²) in [5, 5.41) is 0. The van der Waals surface area contributed by atoms with Crippen LogP contribution >= 0.6 is 0 Å².